The second kappa shape index (κ2) is 8.99. The lowest BCUT2D eigenvalue weighted by molar-refractivity contribution is -0.305. The van der Waals surface area contributed by atoms with Crippen LogP contribution in [0.4, 0.5) is 24.5 Å². The van der Waals surface area contributed by atoms with Crippen LogP contribution in [-0.4, -0.2) is 43.7 Å². The maximum Gasteiger partial charge on any atom is 0.421 e. The molecule has 0 saturated heterocycles. The van der Waals surface area contributed by atoms with Gasteiger partial charge in [0.05, 0.1) is 17.1 Å². The van der Waals surface area contributed by atoms with Crippen LogP contribution in [0.15, 0.2) is 53.8 Å². The Balaban J connectivity index is 1.95. The summed E-state index contributed by atoms with van der Waals surface area (Å²) in [5.41, 5.74) is 0.0316. The predicted octanol–water partition coefficient (Wildman–Crippen LogP) is 1.22. The van der Waals surface area contributed by atoms with Gasteiger partial charge in [-0.05, 0) is 18.2 Å². The van der Waals surface area contributed by atoms with E-state index in [9.17, 15) is 31.5 Å². The van der Waals surface area contributed by atoms with Gasteiger partial charge in [-0.3, -0.25) is 14.8 Å². The number of fused-ring (bicyclic) bond motifs is 1. The average molecular weight is 457 g/mol. The normalized spacial score (nSPS) is 17.3. The Labute approximate surface area is 175 Å². The second-order valence-electron chi connectivity index (χ2n) is 6.41. The highest BCUT2D eigenvalue weighted by Gasteiger charge is 2.45. The largest absolute Gasteiger partial charge is 0.550 e. The van der Waals surface area contributed by atoms with Crippen LogP contribution in [0.3, 0.4) is 0 Å². The van der Waals surface area contributed by atoms with Gasteiger partial charge in [-0.2, -0.15) is 17.9 Å². The van der Waals surface area contributed by atoms with E-state index in [4.69, 9.17) is 4.84 Å². The number of nitrogens with zero attached hydrogens (tertiary/aromatic N) is 3. The fourth-order valence-electron chi connectivity index (χ4n) is 2.74. The summed E-state index contributed by atoms with van der Waals surface area (Å²) < 4.78 is 67.9. The van der Waals surface area contributed by atoms with Crippen molar-refractivity contribution in [3.8, 4) is 0 Å². The highest BCUT2D eigenvalue weighted by molar-refractivity contribution is 7.89. The van der Waals surface area contributed by atoms with Crippen LogP contribution in [0.25, 0.3) is 0 Å². The number of halogens is 3. The number of aromatic nitrogens is 1. The maximum atomic E-state index is 13.8. The van der Waals surface area contributed by atoms with Gasteiger partial charge in [0, 0.05) is 36.6 Å². The third-order valence-electron chi connectivity index (χ3n) is 4.11. The van der Waals surface area contributed by atoms with E-state index < -0.39 is 46.6 Å². The van der Waals surface area contributed by atoms with Crippen molar-refractivity contribution in [3.63, 3.8) is 0 Å². The second-order valence-corrected chi connectivity index (χ2v) is 8.28. The SMILES string of the molecule is O=C([O-])CCS(=O)(=O)NC1C=Nc2ccccc2N1OC(c1cccnc1)C(F)(F)F. The minimum absolute atomic E-state index is 0.0794. The number of alkyl halides is 3. The Hall–Kier alpha value is -3.03. The van der Waals surface area contributed by atoms with E-state index in [2.05, 4.69) is 14.7 Å². The lowest BCUT2D eigenvalue weighted by atomic mass is 10.1. The van der Waals surface area contributed by atoms with Gasteiger partial charge in [0.2, 0.25) is 16.1 Å². The third kappa shape index (κ3) is 5.77. The fraction of sp³-hybridized carbons (Fsp3) is 0.278. The molecule has 0 amide bonds. The van der Waals surface area contributed by atoms with Crippen LogP contribution in [-0.2, 0) is 19.7 Å². The molecule has 166 valence electrons. The van der Waals surface area contributed by atoms with Gasteiger partial charge in [0.15, 0.2) is 6.17 Å². The van der Waals surface area contributed by atoms with Gasteiger partial charge in [0.1, 0.15) is 0 Å². The number of carboxylic acids is 1. The number of para-hydroxylation sites is 2. The van der Waals surface area contributed by atoms with Crippen LogP contribution in [0.2, 0.25) is 0 Å². The lowest BCUT2D eigenvalue weighted by Crippen LogP contribution is -2.52. The Morgan fingerprint density at radius 2 is 2.00 bits per heavy atom. The molecule has 1 N–H and O–H groups in total. The highest BCUT2D eigenvalue weighted by Crippen LogP contribution is 2.40. The quantitative estimate of drug-likeness (QED) is 0.632. The van der Waals surface area contributed by atoms with Crippen molar-refractivity contribution in [1.29, 1.82) is 0 Å². The van der Waals surface area contributed by atoms with Crippen molar-refractivity contribution in [2.45, 2.75) is 24.9 Å². The van der Waals surface area contributed by atoms with Crippen LogP contribution in [0.5, 0.6) is 0 Å². The minimum Gasteiger partial charge on any atom is -0.550 e. The van der Waals surface area contributed by atoms with Gasteiger partial charge in [-0.15, -0.1) is 0 Å². The Morgan fingerprint density at radius 3 is 2.65 bits per heavy atom. The van der Waals surface area contributed by atoms with Crippen molar-refractivity contribution in [2.75, 3.05) is 10.8 Å². The van der Waals surface area contributed by atoms with E-state index in [-0.39, 0.29) is 16.9 Å². The Kier molecular flexibility index (Phi) is 6.57. The Morgan fingerprint density at radius 1 is 1.26 bits per heavy atom. The Bertz CT molecular complexity index is 1060. The number of aliphatic imine (C=N–C) groups is 1. The summed E-state index contributed by atoms with van der Waals surface area (Å²) in [6.45, 7) is 0. The van der Waals surface area contributed by atoms with Crippen molar-refractivity contribution < 1.29 is 36.3 Å². The van der Waals surface area contributed by atoms with Crippen molar-refractivity contribution in [2.24, 2.45) is 4.99 Å². The van der Waals surface area contributed by atoms with Crippen molar-refractivity contribution in [3.05, 3.63) is 54.4 Å². The van der Waals surface area contributed by atoms with Gasteiger partial charge in [-0.1, -0.05) is 18.2 Å². The molecule has 0 bridgehead atoms. The predicted molar refractivity (Wildman–Crippen MR) is 102 cm³/mol. The molecule has 0 fully saturated rings. The number of carbonyl (C=O) groups is 1. The molecule has 31 heavy (non-hydrogen) atoms. The molecule has 1 aromatic carbocycles. The molecule has 0 radical (unpaired) electrons. The standard InChI is InChI=1S/C18H17F3N4O5S/c19-18(20,21)17(12-4-3-8-22-10-12)30-25-14-6-2-1-5-13(14)23-11-15(25)24-31(28,29)9-7-16(26)27/h1-6,8,10-11,15,17,24H,7,9H2,(H,26,27)/p-1. The number of rotatable bonds is 8. The number of nitrogens with one attached hydrogen (secondary N) is 1. The highest BCUT2D eigenvalue weighted by atomic mass is 32.2. The summed E-state index contributed by atoms with van der Waals surface area (Å²) in [6.07, 6.45) is -6.24. The molecule has 1 aliphatic rings. The first kappa shape index (κ1) is 22.7. The van der Waals surface area contributed by atoms with E-state index in [0.29, 0.717) is 0 Å². The van der Waals surface area contributed by atoms with E-state index in [1.54, 1.807) is 6.07 Å². The molecule has 13 heteroatoms. The summed E-state index contributed by atoms with van der Waals surface area (Å²) >= 11 is 0. The smallest absolute Gasteiger partial charge is 0.421 e. The van der Waals surface area contributed by atoms with Crippen molar-refractivity contribution >= 4 is 33.6 Å². The van der Waals surface area contributed by atoms with Crippen LogP contribution in [0.1, 0.15) is 18.1 Å². The number of hydrogen-bond acceptors (Lipinski definition) is 8. The molecular formula is C18H16F3N4O5S-. The van der Waals surface area contributed by atoms with Crippen molar-refractivity contribution in [1.82, 2.24) is 9.71 Å². The summed E-state index contributed by atoms with van der Waals surface area (Å²) in [6, 6.07) is 8.52. The molecular weight excluding hydrogens is 441 g/mol. The minimum atomic E-state index is -4.86. The summed E-state index contributed by atoms with van der Waals surface area (Å²) in [5.74, 6) is -2.42. The fourth-order valence-corrected chi connectivity index (χ4v) is 3.81. The average Bonchev–Trinajstić information content (AvgIpc) is 2.71. The first-order valence-corrected chi connectivity index (χ1v) is 10.5. The summed E-state index contributed by atoms with van der Waals surface area (Å²) in [4.78, 5) is 23.6. The number of hydrogen-bond donors (Lipinski definition) is 1. The van der Waals surface area contributed by atoms with Crippen LogP contribution in [0, 0.1) is 0 Å². The van der Waals surface area contributed by atoms with E-state index in [1.165, 1.54) is 36.5 Å². The zero-order valence-corrected chi connectivity index (χ0v) is 16.5. The number of carboxylic acid groups (broad SMARTS) is 1. The molecule has 0 aliphatic carbocycles. The van der Waals surface area contributed by atoms with Gasteiger partial charge < -0.3 is 9.90 Å². The molecule has 1 aliphatic heterocycles. The number of sulfonamides is 1. The molecule has 3 rings (SSSR count). The monoisotopic (exact) mass is 457 g/mol. The van der Waals surface area contributed by atoms with E-state index >= 15 is 0 Å². The molecule has 9 nitrogen and oxygen atoms in total. The van der Waals surface area contributed by atoms with Gasteiger partial charge in [-0.25, -0.2) is 13.5 Å². The number of pyridine rings is 1. The summed E-state index contributed by atoms with van der Waals surface area (Å²) in [7, 11) is -4.22. The van der Waals surface area contributed by atoms with Gasteiger partial charge >= 0.3 is 6.18 Å². The van der Waals surface area contributed by atoms with Crippen LogP contribution < -0.4 is 14.9 Å². The van der Waals surface area contributed by atoms with E-state index in [1.807, 2.05) is 0 Å². The lowest BCUT2D eigenvalue weighted by Gasteiger charge is -2.36. The molecule has 2 atom stereocenters. The van der Waals surface area contributed by atoms with Gasteiger partial charge in [0.25, 0.3) is 0 Å². The zero-order chi connectivity index (χ0) is 22.6. The number of carbonyl (C=O) groups excluding carboxylic acids is 1. The van der Waals surface area contributed by atoms with Crippen LogP contribution >= 0.6 is 0 Å². The number of aliphatic carboxylic acids is 1. The number of hydroxylamine groups is 1. The van der Waals surface area contributed by atoms with E-state index in [0.717, 1.165) is 17.5 Å². The first-order valence-electron chi connectivity index (χ1n) is 8.82. The topological polar surface area (TPSA) is 124 Å². The molecule has 1 aromatic heterocycles. The zero-order valence-electron chi connectivity index (χ0n) is 15.7. The molecule has 2 aromatic rings. The number of benzene rings is 1. The molecule has 0 spiro atoms. The summed E-state index contributed by atoms with van der Waals surface area (Å²) in [5, 5.41) is 11.3. The molecule has 0 saturated carbocycles. The first-order chi connectivity index (χ1) is 14.6. The maximum absolute atomic E-state index is 13.8. The third-order valence-corrected chi connectivity index (χ3v) is 5.45. The molecule has 2 unspecified atom stereocenters. The molecule has 2 heterocycles. The number of anilines is 1.